The number of nitriles is 1. The lowest BCUT2D eigenvalue weighted by molar-refractivity contribution is 0.286. The number of methoxy groups -OCH3 is 1. The summed E-state index contributed by atoms with van der Waals surface area (Å²) in [5, 5.41) is 10.2. The fraction of sp³-hybridized carbons (Fsp3) is 0.375. The highest BCUT2D eigenvalue weighted by molar-refractivity contribution is 6.30. The van der Waals surface area contributed by atoms with Gasteiger partial charge in [0.25, 0.3) is 0 Å². The normalized spacial score (nSPS) is 10.8. The van der Waals surface area contributed by atoms with Gasteiger partial charge in [-0.05, 0) is 24.7 Å². The summed E-state index contributed by atoms with van der Waals surface area (Å²) in [6.07, 6.45) is 0.518. The standard InChI is InChI=1S/C16H18ClN3O/c1-3-20(8-4-7-18)11-13-9-12-5-6-14(21-2)10-15(12)19-16(13)17/h5-6,9-10H,3-4,8,11H2,1-2H3. The quantitative estimate of drug-likeness (QED) is 0.765. The summed E-state index contributed by atoms with van der Waals surface area (Å²) in [5.74, 6) is 0.767. The fourth-order valence-electron chi connectivity index (χ4n) is 2.20. The van der Waals surface area contributed by atoms with E-state index in [2.05, 4.69) is 28.9 Å². The fourth-order valence-corrected chi connectivity index (χ4v) is 2.41. The van der Waals surface area contributed by atoms with Crippen molar-refractivity contribution in [3.8, 4) is 11.8 Å². The minimum atomic E-state index is 0.506. The zero-order chi connectivity index (χ0) is 15.2. The molecular weight excluding hydrogens is 286 g/mol. The molecule has 0 aliphatic carbocycles. The van der Waals surface area contributed by atoms with Crippen LogP contribution in [0.3, 0.4) is 0 Å². The summed E-state index contributed by atoms with van der Waals surface area (Å²) < 4.78 is 5.20. The van der Waals surface area contributed by atoms with Crippen LogP contribution in [0.25, 0.3) is 10.9 Å². The Kier molecular flexibility index (Phi) is 5.38. The highest BCUT2D eigenvalue weighted by Crippen LogP contribution is 2.25. The lowest BCUT2D eigenvalue weighted by Gasteiger charge is -2.19. The van der Waals surface area contributed by atoms with Crippen LogP contribution in [0.5, 0.6) is 5.75 Å². The van der Waals surface area contributed by atoms with Crippen molar-refractivity contribution < 1.29 is 4.74 Å². The maximum Gasteiger partial charge on any atom is 0.134 e. The molecule has 0 bridgehead atoms. The molecule has 0 N–H and O–H groups in total. The molecule has 0 fully saturated rings. The van der Waals surface area contributed by atoms with Crippen molar-refractivity contribution in [1.29, 1.82) is 5.26 Å². The Morgan fingerprint density at radius 3 is 2.86 bits per heavy atom. The summed E-state index contributed by atoms with van der Waals surface area (Å²) in [7, 11) is 1.63. The third-order valence-corrected chi connectivity index (χ3v) is 3.76. The number of fused-ring (bicyclic) bond motifs is 1. The minimum Gasteiger partial charge on any atom is -0.497 e. The van der Waals surface area contributed by atoms with Gasteiger partial charge in [0.05, 0.1) is 18.7 Å². The van der Waals surface area contributed by atoms with E-state index in [0.29, 0.717) is 18.1 Å². The Bertz CT molecular complexity index is 666. The van der Waals surface area contributed by atoms with Gasteiger partial charge in [-0.3, -0.25) is 4.90 Å². The average molecular weight is 304 g/mol. The molecule has 0 aliphatic heterocycles. The molecule has 0 spiro atoms. The molecule has 4 nitrogen and oxygen atoms in total. The van der Waals surface area contributed by atoms with Crippen LogP contribution in [0.2, 0.25) is 5.15 Å². The molecule has 0 atom stereocenters. The van der Waals surface area contributed by atoms with E-state index < -0.39 is 0 Å². The highest BCUT2D eigenvalue weighted by Gasteiger charge is 2.10. The molecule has 0 radical (unpaired) electrons. The summed E-state index contributed by atoms with van der Waals surface area (Å²) in [6, 6.07) is 9.99. The second-order valence-electron chi connectivity index (χ2n) is 4.77. The first-order chi connectivity index (χ1) is 10.2. The monoisotopic (exact) mass is 303 g/mol. The highest BCUT2D eigenvalue weighted by atomic mass is 35.5. The average Bonchev–Trinajstić information content (AvgIpc) is 2.51. The Labute approximate surface area is 129 Å². The first-order valence-electron chi connectivity index (χ1n) is 6.90. The van der Waals surface area contributed by atoms with Gasteiger partial charge in [-0.1, -0.05) is 18.5 Å². The Balaban J connectivity index is 2.28. The van der Waals surface area contributed by atoms with Crippen LogP contribution in [0.15, 0.2) is 24.3 Å². The molecule has 21 heavy (non-hydrogen) atoms. The van der Waals surface area contributed by atoms with Crippen LogP contribution < -0.4 is 4.74 Å². The van der Waals surface area contributed by atoms with Crippen molar-refractivity contribution in [3.05, 3.63) is 35.0 Å². The lowest BCUT2D eigenvalue weighted by atomic mass is 10.1. The summed E-state index contributed by atoms with van der Waals surface area (Å²) in [5.41, 5.74) is 1.80. The summed E-state index contributed by atoms with van der Waals surface area (Å²) in [4.78, 5) is 6.63. The maximum atomic E-state index is 8.70. The predicted molar refractivity (Wildman–Crippen MR) is 84.5 cm³/mol. The zero-order valence-electron chi connectivity index (χ0n) is 12.3. The number of halogens is 1. The summed E-state index contributed by atoms with van der Waals surface area (Å²) >= 11 is 6.29. The first-order valence-corrected chi connectivity index (χ1v) is 7.28. The van der Waals surface area contributed by atoms with Crippen LogP contribution in [0.4, 0.5) is 0 Å². The van der Waals surface area contributed by atoms with Crippen LogP contribution in [-0.2, 0) is 6.54 Å². The van der Waals surface area contributed by atoms with Crippen LogP contribution in [0, 0.1) is 11.3 Å². The van der Waals surface area contributed by atoms with Gasteiger partial charge in [0.2, 0.25) is 0 Å². The molecule has 5 heteroatoms. The minimum absolute atomic E-state index is 0.506. The molecule has 0 saturated heterocycles. The molecule has 1 aromatic carbocycles. The van der Waals surface area contributed by atoms with E-state index in [-0.39, 0.29) is 0 Å². The number of benzene rings is 1. The Hall–Kier alpha value is -1.83. The molecule has 0 saturated carbocycles. The van der Waals surface area contributed by atoms with Gasteiger partial charge in [-0.2, -0.15) is 5.26 Å². The van der Waals surface area contributed by atoms with E-state index >= 15 is 0 Å². The second-order valence-corrected chi connectivity index (χ2v) is 5.13. The Morgan fingerprint density at radius 2 is 2.19 bits per heavy atom. The van der Waals surface area contributed by atoms with Crippen molar-refractivity contribution in [2.45, 2.75) is 19.9 Å². The molecular formula is C16H18ClN3O. The largest absolute Gasteiger partial charge is 0.497 e. The smallest absolute Gasteiger partial charge is 0.134 e. The first kappa shape index (κ1) is 15.6. The number of rotatable bonds is 6. The second kappa shape index (κ2) is 7.26. The van der Waals surface area contributed by atoms with Crippen molar-refractivity contribution >= 4 is 22.5 Å². The number of nitrogens with zero attached hydrogens (tertiary/aromatic N) is 3. The van der Waals surface area contributed by atoms with Gasteiger partial charge in [-0.15, -0.1) is 0 Å². The summed E-state index contributed by atoms with van der Waals surface area (Å²) in [6.45, 7) is 4.39. The zero-order valence-corrected chi connectivity index (χ0v) is 13.0. The van der Waals surface area contributed by atoms with Gasteiger partial charge < -0.3 is 4.74 Å². The third-order valence-electron chi connectivity index (χ3n) is 3.43. The van der Waals surface area contributed by atoms with Crippen molar-refractivity contribution in [2.75, 3.05) is 20.2 Å². The predicted octanol–water partition coefficient (Wildman–Crippen LogP) is 3.63. The van der Waals surface area contributed by atoms with E-state index in [9.17, 15) is 0 Å². The van der Waals surface area contributed by atoms with Crippen LogP contribution in [0.1, 0.15) is 18.9 Å². The maximum absolute atomic E-state index is 8.70. The van der Waals surface area contributed by atoms with Crippen LogP contribution >= 0.6 is 11.6 Å². The van der Waals surface area contributed by atoms with E-state index in [4.69, 9.17) is 21.6 Å². The molecule has 2 aromatic rings. The molecule has 1 heterocycles. The van der Waals surface area contributed by atoms with E-state index in [1.807, 2.05) is 18.2 Å². The van der Waals surface area contributed by atoms with Crippen molar-refractivity contribution in [1.82, 2.24) is 9.88 Å². The molecule has 1 aromatic heterocycles. The van der Waals surface area contributed by atoms with Gasteiger partial charge in [0.1, 0.15) is 10.9 Å². The third kappa shape index (κ3) is 3.84. The Morgan fingerprint density at radius 1 is 1.38 bits per heavy atom. The van der Waals surface area contributed by atoms with E-state index in [1.165, 1.54) is 0 Å². The van der Waals surface area contributed by atoms with Gasteiger partial charge in [-0.25, -0.2) is 4.98 Å². The topological polar surface area (TPSA) is 49.2 Å². The van der Waals surface area contributed by atoms with E-state index in [1.54, 1.807) is 7.11 Å². The molecule has 0 aliphatic rings. The van der Waals surface area contributed by atoms with Crippen LogP contribution in [-0.4, -0.2) is 30.1 Å². The van der Waals surface area contributed by atoms with Gasteiger partial charge in [0.15, 0.2) is 0 Å². The molecule has 0 unspecified atom stereocenters. The molecule has 2 rings (SSSR count). The molecule has 0 amide bonds. The van der Waals surface area contributed by atoms with E-state index in [0.717, 1.165) is 35.3 Å². The molecule has 110 valence electrons. The van der Waals surface area contributed by atoms with Gasteiger partial charge in [0, 0.05) is 36.5 Å². The van der Waals surface area contributed by atoms with Crippen molar-refractivity contribution in [3.63, 3.8) is 0 Å². The van der Waals surface area contributed by atoms with Gasteiger partial charge >= 0.3 is 0 Å². The lowest BCUT2D eigenvalue weighted by Crippen LogP contribution is -2.24. The number of pyridine rings is 1. The number of aromatic nitrogens is 1. The number of hydrogen-bond donors (Lipinski definition) is 0. The SMILES string of the molecule is CCN(CCC#N)Cc1cc2ccc(OC)cc2nc1Cl. The number of ether oxygens (including phenoxy) is 1. The van der Waals surface area contributed by atoms with Crippen molar-refractivity contribution in [2.24, 2.45) is 0 Å². The number of hydrogen-bond acceptors (Lipinski definition) is 4.